The maximum absolute atomic E-state index is 11.6. The number of fused-ring (bicyclic) bond motifs is 4. The lowest BCUT2D eigenvalue weighted by Gasteiger charge is -2.31. The van der Waals surface area contributed by atoms with Crippen LogP contribution in [0.15, 0.2) is 29.1 Å². The first kappa shape index (κ1) is 21.1. The number of amides is 1. The van der Waals surface area contributed by atoms with Crippen LogP contribution >= 0.6 is 0 Å². The molecule has 3 unspecified atom stereocenters. The Labute approximate surface area is 168 Å². The van der Waals surface area contributed by atoms with Crippen LogP contribution < -0.4 is 10.6 Å². The van der Waals surface area contributed by atoms with E-state index in [0.29, 0.717) is 5.70 Å². The molecule has 0 saturated carbocycles. The highest BCUT2D eigenvalue weighted by atomic mass is 16.3. The fraction of sp³-hybridized carbons (Fsp3) is 0.750. The number of nitrogens with zero attached hydrogens (tertiary/aromatic N) is 4. The minimum Gasteiger partial charge on any atom is -0.373 e. The SMILES string of the molecule is O=NC(=O)C1=CC=CC(CN2CCCN3CCCN(CCCNCC3)CC2)N1. The smallest absolute Gasteiger partial charge is 0.332 e. The van der Waals surface area contributed by atoms with Crippen molar-refractivity contribution in [2.45, 2.75) is 25.3 Å². The zero-order valence-electron chi connectivity index (χ0n) is 16.8. The van der Waals surface area contributed by atoms with Crippen LogP contribution in [0.4, 0.5) is 0 Å². The molecule has 156 valence electrons. The molecular formula is C20H34N6O2. The Morgan fingerprint density at radius 1 is 0.964 bits per heavy atom. The van der Waals surface area contributed by atoms with Gasteiger partial charge >= 0.3 is 5.91 Å². The Morgan fingerprint density at radius 2 is 1.71 bits per heavy atom. The van der Waals surface area contributed by atoms with E-state index in [2.05, 4.69) is 36.6 Å². The third-order valence-corrected chi connectivity index (χ3v) is 5.78. The van der Waals surface area contributed by atoms with E-state index in [1.807, 2.05) is 6.08 Å². The van der Waals surface area contributed by atoms with Gasteiger partial charge in [0.1, 0.15) is 5.70 Å². The molecule has 0 aliphatic carbocycles. The van der Waals surface area contributed by atoms with Crippen molar-refractivity contribution in [1.82, 2.24) is 25.3 Å². The third kappa shape index (κ3) is 6.77. The van der Waals surface area contributed by atoms with Crippen LogP contribution in [0.3, 0.4) is 0 Å². The first-order valence-electron chi connectivity index (χ1n) is 10.6. The van der Waals surface area contributed by atoms with E-state index < -0.39 is 5.91 Å². The average Bonchev–Trinajstić information content (AvgIpc) is 2.79. The normalized spacial score (nSPS) is 30.6. The molecule has 3 heterocycles. The summed E-state index contributed by atoms with van der Waals surface area (Å²) in [7, 11) is 0. The summed E-state index contributed by atoms with van der Waals surface area (Å²) in [6.45, 7) is 11.9. The van der Waals surface area contributed by atoms with Gasteiger partial charge in [0.15, 0.2) is 0 Å². The molecule has 1 amide bonds. The van der Waals surface area contributed by atoms with Crippen molar-refractivity contribution < 1.29 is 4.79 Å². The van der Waals surface area contributed by atoms with Gasteiger partial charge in [0.25, 0.3) is 0 Å². The van der Waals surface area contributed by atoms with Crippen LogP contribution in [0.5, 0.6) is 0 Å². The lowest BCUT2D eigenvalue weighted by Crippen LogP contribution is -2.45. The molecule has 0 aromatic rings. The van der Waals surface area contributed by atoms with E-state index in [1.54, 1.807) is 6.08 Å². The van der Waals surface area contributed by atoms with E-state index in [-0.39, 0.29) is 6.04 Å². The molecule has 2 saturated heterocycles. The van der Waals surface area contributed by atoms with Crippen molar-refractivity contribution in [3.8, 4) is 0 Å². The molecule has 0 aromatic heterocycles. The summed E-state index contributed by atoms with van der Waals surface area (Å²) in [5.74, 6) is -0.725. The fourth-order valence-corrected chi connectivity index (χ4v) is 4.22. The Hall–Kier alpha value is -1.61. The van der Waals surface area contributed by atoms with E-state index in [4.69, 9.17) is 0 Å². The van der Waals surface area contributed by atoms with Gasteiger partial charge in [0.2, 0.25) is 0 Å². The molecule has 3 aliphatic heterocycles. The molecule has 2 bridgehead atoms. The van der Waals surface area contributed by atoms with Crippen LogP contribution in [-0.4, -0.2) is 98.6 Å². The summed E-state index contributed by atoms with van der Waals surface area (Å²) in [4.78, 5) is 29.8. The van der Waals surface area contributed by atoms with E-state index in [0.717, 1.165) is 71.9 Å². The second-order valence-corrected chi connectivity index (χ2v) is 7.91. The molecule has 8 heteroatoms. The minimum atomic E-state index is -0.725. The van der Waals surface area contributed by atoms with Gasteiger partial charge in [0.05, 0.1) is 6.04 Å². The number of carbonyl (C=O) groups is 1. The van der Waals surface area contributed by atoms with Gasteiger partial charge in [-0.15, -0.1) is 4.91 Å². The Morgan fingerprint density at radius 3 is 2.54 bits per heavy atom. The van der Waals surface area contributed by atoms with Gasteiger partial charge in [-0.1, -0.05) is 12.2 Å². The van der Waals surface area contributed by atoms with E-state index >= 15 is 0 Å². The van der Waals surface area contributed by atoms with Crippen molar-refractivity contribution in [2.24, 2.45) is 5.18 Å². The molecule has 3 aliphatic rings. The van der Waals surface area contributed by atoms with Crippen LogP contribution in [0.1, 0.15) is 19.3 Å². The average molecular weight is 391 g/mol. The summed E-state index contributed by atoms with van der Waals surface area (Å²) in [6.07, 6.45) is 9.11. The molecule has 3 atom stereocenters. The van der Waals surface area contributed by atoms with Crippen molar-refractivity contribution in [1.29, 1.82) is 0 Å². The van der Waals surface area contributed by atoms with Crippen LogP contribution in [-0.2, 0) is 4.79 Å². The molecule has 2 fully saturated rings. The molecule has 8 nitrogen and oxygen atoms in total. The highest BCUT2D eigenvalue weighted by Gasteiger charge is 2.20. The van der Waals surface area contributed by atoms with Crippen molar-refractivity contribution in [3.05, 3.63) is 28.8 Å². The maximum Gasteiger partial charge on any atom is 0.332 e. The Bertz CT molecular complexity index is 579. The molecular weight excluding hydrogens is 356 g/mol. The number of rotatable bonds is 3. The van der Waals surface area contributed by atoms with Gasteiger partial charge < -0.3 is 20.4 Å². The van der Waals surface area contributed by atoms with Crippen LogP contribution in [0, 0.1) is 4.91 Å². The number of hydrogen-bond donors (Lipinski definition) is 2. The first-order valence-corrected chi connectivity index (χ1v) is 10.6. The first-order chi connectivity index (χ1) is 13.7. The lowest BCUT2D eigenvalue weighted by molar-refractivity contribution is -0.114. The van der Waals surface area contributed by atoms with Gasteiger partial charge in [-0.3, -0.25) is 9.69 Å². The molecule has 3 rings (SSSR count). The highest BCUT2D eigenvalue weighted by molar-refractivity contribution is 5.94. The number of dihydropyridines is 1. The molecule has 0 spiro atoms. The number of nitrogens with one attached hydrogen (secondary N) is 2. The fourth-order valence-electron chi connectivity index (χ4n) is 4.22. The molecule has 0 aromatic carbocycles. The molecule has 2 N–H and O–H groups in total. The van der Waals surface area contributed by atoms with Gasteiger partial charge in [0, 0.05) is 37.9 Å². The Kier molecular flexibility index (Phi) is 8.60. The van der Waals surface area contributed by atoms with Gasteiger partial charge in [-0.25, -0.2) is 0 Å². The predicted molar refractivity (Wildman–Crippen MR) is 111 cm³/mol. The van der Waals surface area contributed by atoms with Crippen molar-refractivity contribution in [2.75, 3.05) is 72.0 Å². The second kappa shape index (κ2) is 11.4. The summed E-state index contributed by atoms with van der Waals surface area (Å²) in [6, 6.07) is 0.0310. The number of nitroso groups, excluding NO2 is 1. The van der Waals surface area contributed by atoms with Gasteiger partial charge in [-0.2, -0.15) is 0 Å². The van der Waals surface area contributed by atoms with Gasteiger partial charge in [-0.05, 0) is 64.6 Å². The minimum absolute atomic E-state index is 0.0310. The third-order valence-electron chi connectivity index (χ3n) is 5.78. The lowest BCUT2D eigenvalue weighted by atomic mass is 10.1. The maximum atomic E-state index is 11.6. The predicted octanol–water partition coefficient (Wildman–Crippen LogP) is 0.384. The quantitative estimate of drug-likeness (QED) is 0.675. The summed E-state index contributed by atoms with van der Waals surface area (Å²) in [5.41, 5.74) is 0.294. The summed E-state index contributed by atoms with van der Waals surface area (Å²) in [5, 5.41) is 9.27. The molecule has 28 heavy (non-hydrogen) atoms. The van der Waals surface area contributed by atoms with E-state index in [9.17, 15) is 9.70 Å². The zero-order valence-corrected chi connectivity index (χ0v) is 16.8. The molecule has 0 radical (unpaired) electrons. The monoisotopic (exact) mass is 390 g/mol. The van der Waals surface area contributed by atoms with Crippen molar-refractivity contribution >= 4 is 5.91 Å². The standard InChI is InChI=1S/C20H34N6O2/c27-20(23-28)19-6-1-5-18(22-19)17-26-13-4-11-24-10-3-12-25(15-16-26)9-2-7-21-8-14-24/h1,5-6,18,21-22H,2-4,7-17H2. The topological polar surface area (TPSA) is 80.3 Å². The van der Waals surface area contributed by atoms with Crippen molar-refractivity contribution in [3.63, 3.8) is 0 Å². The van der Waals surface area contributed by atoms with Crippen LogP contribution in [0.2, 0.25) is 0 Å². The Balaban J connectivity index is 1.59. The zero-order chi connectivity index (χ0) is 19.6. The van der Waals surface area contributed by atoms with E-state index in [1.165, 1.54) is 19.4 Å². The summed E-state index contributed by atoms with van der Waals surface area (Å²) < 4.78 is 0. The van der Waals surface area contributed by atoms with Crippen LogP contribution in [0.25, 0.3) is 0 Å². The number of hydrogen-bond acceptors (Lipinski definition) is 7. The number of carbonyl (C=O) groups excluding carboxylic acids is 1. The second-order valence-electron chi connectivity index (χ2n) is 7.91. The highest BCUT2D eigenvalue weighted by Crippen LogP contribution is 2.09. The number of allylic oxidation sites excluding steroid dienone is 2. The largest absolute Gasteiger partial charge is 0.373 e. The summed E-state index contributed by atoms with van der Waals surface area (Å²) >= 11 is 0.